The third kappa shape index (κ3) is 5.20. The topological polar surface area (TPSA) is 114 Å². The van der Waals surface area contributed by atoms with E-state index in [2.05, 4.69) is 10.0 Å². The zero-order chi connectivity index (χ0) is 23.5. The predicted octanol–water partition coefficient (Wildman–Crippen LogP) is 2.31. The van der Waals surface area contributed by atoms with Gasteiger partial charge in [-0.25, -0.2) is 13.1 Å². The SMILES string of the molecule is COc1cc(NC(=O)CCNS(=O)(=O)c2ccc3c(c2)C[C@@H](C)N3C(C)=O)cc(OC)c1. The zero-order valence-corrected chi connectivity index (χ0v) is 19.3. The van der Waals surface area contributed by atoms with E-state index in [0.29, 0.717) is 23.6 Å². The van der Waals surface area contributed by atoms with E-state index in [-0.39, 0.29) is 35.7 Å². The normalized spacial score (nSPS) is 15.2. The Labute approximate surface area is 187 Å². The number of hydrogen-bond donors (Lipinski definition) is 2. The molecule has 0 bridgehead atoms. The number of nitrogens with zero attached hydrogens (tertiary/aromatic N) is 1. The van der Waals surface area contributed by atoms with Gasteiger partial charge in [0.2, 0.25) is 21.8 Å². The Hall–Kier alpha value is -3.11. The molecule has 172 valence electrons. The number of carbonyl (C=O) groups is 2. The number of carbonyl (C=O) groups excluding carboxylic acids is 2. The van der Waals surface area contributed by atoms with Crippen LogP contribution in [0.5, 0.6) is 11.5 Å². The Morgan fingerprint density at radius 1 is 1.09 bits per heavy atom. The number of rotatable bonds is 8. The maximum Gasteiger partial charge on any atom is 0.240 e. The molecule has 2 aromatic carbocycles. The van der Waals surface area contributed by atoms with Crippen LogP contribution >= 0.6 is 0 Å². The second kappa shape index (κ2) is 9.58. The minimum atomic E-state index is -3.80. The summed E-state index contributed by atoms with van der Waals surface area (Å²) < 4.78 is 38.1. The van der Waals surface area contributed by atoms with Gasteiger partial charge in [-0.3, -0.25) is 9.59 Å². The van der Waals surface area contributed by atoms with Gasteiger partial charge in [0, 0.05) is 55.5 Å². The van der Waals surface area contributed by atoms with Crippen LogP contribution in [0, 0.1) is 0 Å². The number of methoxy groups -OCH3 is 2. The molecule has 10 heteroatoms. The Balaban J connectivity index is 1.61. The molecular weight excluding hydrogens is 434 g/mol. The molecule has 0 radical (unpaired) electrons. The number of nitrogens with one attached hydrogen (secondary N) is 2. The van der Waals surface area contributed by atoms with Crippen LogP contribution < -0.4 is 24.4 Å². The lowest BCUT2D eigenvalue weighted by Crippen LogP contribution is -2.33. The Bertz CT molecular complexity index is 1110. The molecule has 32 heavy (non-hydrogen) atoms. The largest absolute Gasteiger partial charge is 0.497 e. The van der Waals surface area contributed by atoms with E-state index in [4.69, 9.17) is 9.47 Å². The molecule has 0 aliphatic carbocycles. The Morgan fingerprint density at radius 3 is 2.34 bits per heavy atom. The molecule has 2 N–H and O–H groups in total. The summed E-state index contributed by atoms with van der Waals surface area (Å²) >= 11 is 0. The summed E-state index contributed by atoms with van der Waals surface area (Å²) in [5.41, 5.74) is 2.02. The first-order valence-electron chi connectivity index (χ1n) is 10.1. The molecule has 0 spiro atoms. The predicted molar refractivity (Wildman–Crippen MR) is 121 cm³/mol. The number of ether oxygens (including phenoxy) is 2. The Kier molecular flexibility index (Phi) is 7.05. The lowest BCUT2D eigenvalue weighted by atomic mass is 10.1. The van der Waals surface area contributed by atoms with Crippen LogP contribution in [0.2, 0.25) is 0 Å². The van der Waals surface area contributed by atoms with Crippen molar-refractivity contribution in [3.8, 4) is 11.5 Å². The summed E-state index contributed by atoms with van der Waals surface area (Å²) in [5.74, 6) is 0.608. The smallest absolute Gasteiger partial charge is 0.240 e. The van der Waals surface area contributed by atoms with Crippen LogP contribution in [0.15, 0.2) is 41.3 Å². The molecule has 1 heterocycles. The molecule has 0 saturated carbocycles. The third-order valence-corrected chi connectivity index (χ3v) is 6.65. The van der Waals surface area contributed by atoms with E-state index >= 15 is 0 Å². The standard InChI is InChI=1S/C22H27N3O6S/c1-14-9-16-10-20(5-6-21(16)25(14)15(2)26)32(28,29)23-8-7-22(27)24-17-11-18(30-3)13-19(12-17)31-4/h5-6,10-14,23H,7-9H2,1-4H3,(H,24,27)/t14-/m1/s1. The molecule has 0 aromatic heterocycles. The number of amides is 2. The van der Waals surface area contributed by atoms with Gasteiger partial charge in [0.05, 0.1) is 19.1 Å². The molecule has 0 unspecified atom stereocenters. The summed E-state index contributed by atoms with van der Waals surface area (Å²) in [4.78, 5) is 25.9. The van der Waals surface area contributed by atoms with Crippen LogP contribution in [0.1, 0.15) is 25.8 Å². The van der Waals surface area contributed by atoms with Crippen LogP contribution in [-0.4, -0.2) is 47.0 Å². The van der Waals surface area contributed by atoms with Crippen LogP contribution in [0.3, 0.4) is 0 Å². The first-order chi connectivity index (χ1) is 15.1. The molecule has 2 aromatic rings. The Morgan fingerprint density at radius 2 is 1.75 bits per heavy atom. The second-order valence-electron chi connectivity index (χ2n) is 7.53. The highest BCUT2D eigenvalue weighted by molar-refractivity contribution is 7.89. The van der Waals surface area contributed by atoms with Crippen LogP contribution in [0.4, 0.5) is 11.4 Å². The van der Waals surface area contributed by atoms with Crippen molar-refractivity contribution in [2.75, 3.05) is 31.0 Å². The highest BCUT2D eigenvalue weighted by Gasteiger charge is 2.30. The molecule has 1 atom stereocenters. The molecule has 2 amide bonds. The van der Waals surface area contributed by atoms with E-state index in [0.717, 1.165) is 11.3 Å². The van der Waals surface area contributed by atoms with Crippen LogP contribution in [0.25, 0.3) is 0 Å². The number of fused-ring (bicyclic) bond motifs is 1. The summed E-state index contributed by atoms with van der Waals surface area (Å²) in [5, 5.41) is 2.70. The van der Waals surface area contributed by atoms with Crippen molar-refractivity contribution in [2.24, 2.45) is 0 Å². The van der Waals surface area contributed by atoms with Crippen molar-refractivity contribution in [3.63, 3.8) is 0 Å². The molecule has 0 fully saturated rings. The minimum Gasteiger partial charge on any atom is -0.497 e. The summed E-state index contributed by atoms with van der Waals surface area (Å²) in [7, 11) is -0.788. The number of sulfonamides is 1. The molecule has 0 saturated heterocycles. The van der Waals surface area contributed by atoms with Gasteiger partial charge in [0.15, 0.2) is 0 Å². The maximum absolute atomic E-state index is 12.7. The van der Waals surface area contributed by atoms with Crippen molar-refractivity contribution in [3.05, 3.63) is 42.0 Å². The number of benzene rings is 2. The average Bonchev–Trinajstić information content (AvgIpc) is 3.08. The van der Waals surface area contributed by atoms with Crippen LogP contribution in [-0.2, 0) is 26.0 Å². The van der Waals surface area contributed by atoms with E-state index in [9.17, 15) is 18.0 Å². The minimum absolute atomic E-state index is 0.0210. The summed E-state index contributed by atoms with van der Waals surface area (Å²) in [6, 6.07) is 9.64. The maximum atomic E-state index is 12.7. The van der Waals surface area contributed by atoms with Crippen molar-refractivity contribution in [1.29, 1.82) is 0 Å². The first kappa shape index (κ1) is 23.6. The lowest BCUT2D eigenvalue weighted by molar-refractivity contribution is -0.117. The van der Waals surface area contributed by atoms with E-state index in [1.54, 1.807) is 35.2 Å². The summed E-state index contributed by atoms with van der Waals surface area (Å²) in [6.07, 6.45) is 0.531. The fraction of sp³-hybridized carbons (Fsp3) is 0.364. The average molecular weight is 462 g/mol. The van der Waals surface area contributed by atoms with Crippen molar-refractivity contribution >= 4 is 33.2 Å². The zero-order valence-electron chi connectivity index (χ0n) is 18.5. The second-order valence-corrected chi connectivity index (χ2v) is 9.30. The fourth-order valence-electron chi connectivity index (χ4n) is 3.74. The molecular formula is C22H27N3O6S. The monoisotopic (exact) mass is 461 g/mol. The van der Waals surface area contributed by atoms with E-state index in [1.807, 2.05) is 6.92 Å². The van der Waals surface area contributed by atoms with E-state index in [1.165, 1.54) is 27.2 Å². The molecule has 1 aliphatic heterocycles. The van der Waals surface area contributed by atoms with Gasteiger partial charge in [-0.05, 0) is 37.1 Å². The highest BCUT2D eigenvalue weighted by Crippen LogP contribution is 2.33. The number of anilines is 2. The first-order valence-corrected chi connectivity index (χ1v) is 11.6. The third-order valence-electron chi connectivity index (χ3n) is 5.20. The quantitative estimate of drug-likeness (QED) is 0.624. The molecule has 9 nitrogen and oxygen atoms in total. The van der Waals surface area contributed by atoms with Gasteiger partial charge < -0.3 is 19.7 Å². The van der Waals surface area contributed by atoms with Crippen molar-refractivity contribution < 1.29 is 27.5 Å². The fourth-order valence-corrected chi connectivity index (χ4v) is 4.82. The number of hydrogen-bond acceptors (Lipinski definition) is 6. The van der Waals surface area contributed by atoms with Gasteiger partial charge in [-0.1, -0.05) is 0 Å². The lowest BCUT2D eigenvalue weighted by Gasteiger charge is -2.20. The van der Waals surface area contributed by atoms with Gasteiger partial charge in [-0.2, -0.15) is 0 Å². The van der Waals surface area contributed by atoms with Gasteiger partial charge in [0.1, 0.15) is 11.5 Å². The summed E-state index contributed by atoms with van der Waals surface area (Å²) in [6.45, 7) is 3.34. The van der Waals surface area contributed by atoms with Crippen molar-refractivity contribution in [2.45, 2.75) is 37.6 Å². The highest BCUT2D eigenvalue weighted by atomic mass is 32.2. The van der Waals surface area contributed by atoms with Crippen molar-refractivity contribution in [1.82, 2.24) is 4.72 Å². The van der Waals surface area contributed by atoms with E-state index < -0.39 is 10.0 Å². The van der Waals surface area contributed by atoms with Gasteiger partial charge in [-0.15, -0.1) is 0 Å². The molecule has 1 aliphatic rings. The van der Waals surface area contributed by atoms with Gasteiger partial charge >= 0.3 is 0 Å². The molecule has 3 rings (SSSR count). The van der Waals surface area contributed by atoms with Gasteiger partial charge in [0.25, 0.3) is 0 Å².